The maximum absolute atomic E-state index is 11.5. The highest BCUT2D eigenvalue weighted by molar-refractivity contribution is 5.16. The second kappa shape index (κ2) is 4.88. The molecule has 1 N–H and O–H groups in total. The summed E-state index contributed by atoms with van der Waals surface area (Å²) in [5.41, 5.74) is 1.78. The summed E-state index contributed by atoms with van der Waals surface area (Å²) >= 11 is 0. The summed E-state index contributed by atoms with van der Waals surface area (Å²) in [5.74, 6) is 0.740. The van der Waals surface area contributed by atoms with Crippen LogP contribution < -0.4 is 5.43 Å². The molecule has 0 saturated heterocycles. The summed E-state index contributed by atoms with van der Waals surface area (Å²) in [4.78, 5) is 11.5. The van der Waals surface area contributed by atoms with Gasteiger partial charge in [-0.25, -0.2) is 0 Å². The molecule has 0 aromatic carbocycles. The SMILES string of the molecule is Cc1cc(=O)cc(C)n1C1(CO)CCC(C)CC1. The highest BCUT2D eigenvalue weighted by atomic mass is 16.3. The van der Waals surface area contributed by atoms with Crippen LogP contribution in [0.4, 0.5) is 0 Å². The Morgan fingerprint density at radius 1 is 1.28 bits per heavy atom. The molecule has 0 unspecified atom stereocenters. The largest absolute Gasteiger partial charge is 0.394 e. The molecule has 1 fully saturated rings. The Labute approximate surface area is 108 Å². The number of aliphatic hydroxyl groups is 1. The van der Waals surface area contributed by atoms with Crippen LogP contribution in [0.3, 0.4) is 0 Å². The lowest BCUT2D eigenvalue weighted by Crippen LogP contribution is -2.43. The molecule has 1 aromatic heterocycles. The number of hydrogen-bond donors (Lipinski definition) is 1. The molecule has 0 amide bonds. The summed E-state index contributed by atoms with van der Waals surface area (Å²) in [5, 5.41) is 9.90. The first-order valence-electron chi connectivity index (χ1n) is 6.80. The van der Waals surface area contributed by atoms with E-state index in [0.717, 1.165) is 43.0 Å². The number of aryl methyl sites for hydroxylation is 2. The van der Waals surface area contributed by atoms with E-state index in [9.17, 15) is 9.90 Å². The second-order valence-electron chi connectivity index (χ2n) is 5.87. The minimum absolute atomic E-state index is 0.0542. The van der Waals surface area contributed by atoms with Crippen LogP contribution in [0.5, 0.6) is 0 Å². The summed E-state index contributed by atoms with van der Waals surface area (Å²) in [6, 6.07) is 3.34. The van der Waals surface area contributed by atoms with Gasteiger partial charge in [0.15, 0.2) is 5.43 Å². The highest BCUT2D eigenvalue weighted by Crippen LogP contribution is 2.38. The van der Waals surface area contributed by atoms with E-state index >= 15 is 0 Å². The minimum Gasteiger partial charge on any atom is -0.394 e. The Balaban J connectivity index is 2.48. The average molecular weight is 249 g/mol. The average Bonchev–Trinajstić information content (AvgIpc) is 2.30. The number of pyridine rings is 1. The number of rotatable bonds is 2. The Hall–Kier alpha value is -1.09. The highest BCUT2D eigenvalue weighted by Gasteiger charge is 2.36. The van der Waals surface area contributed by atoms with Gasteiger partial charge in [-0.15, -0.1) is 0 Å². The lowest BCUT2D eigenvalue weighted by Gasteiger charge is -2.42. The predicted molar refractivity (Wildman–Crippen MR) is 72.9 cm³/mol. The third-order valence-corrected chi connectivity index (χ3v) is 4.38. The quantitative estimate of drug-likeness (QED) is 0.874. The summed E-state index contributed by atoms with van der Waals surface area (Å²) in [6.07, 6.45) is 4.28. The van der Waals surface area contributed by atoms with Gasteiger partial charge in [-0.3, -0.25) is 4.79 Å². The van der Waals surface area contributed by atoms with Gasteiger partial charge in [0.2, 0.25) is 0 Å². The molecule has 1 aromatic rings. The molecule has 1 saturated carbocycles. The fourth-order valence-electron chi connectivity index (χ4n) is 3.36. The number of aliphatic hydroxyl groups excluding tert-OH is 1. The molecule has 3 heteroatoms. The molecule has 3 nitrogen and oxygen atoms in total. The van der Waals surface area contributed by atoms with E-state index in [4.69, 9.17) is 0 Å². The Morgan fingerprint density at radius 3 is 2.22 bits per heavy atom. The first-order valence-corrected chi connectivity index (χ1v) is 6.80. The van der Waals surface area contributed by atoms with E-state index in [0.29, 0.717) is 0 Å². The molecule has 2 rings (SSSR count). The number of nitrogens with zero attached hydrogens (tertiary/aromatic N) is 1. The molecule has 1 heterocycles. The van der Waals surface area contributed by atoms with E-state index in [-0.39, 0.29) is 17.6 Å². The molecule has 1 aliphatic rings. The molecular weight excluding hydrogens is 226 g/mol. The van der Waals surface area contributed by atoms with E-state index in [1.54, 1.807) is 12.1 Å². The van der Waals surface area contributed by atoms with Crippen molar-refractivity contribution in [1.82, 2.24) is 4.57 Å². The van der Waals surface area contributed by atoms with Crippen molar-refractivity contribution in [1.29, 1.82) is 0 Å². The maximum Gasteiger partial charge on any atom is 0.182 e. The van der Waals surface area contributed by atoms with Crippen molar-refractivity contribution in [2.45, 2.75) is 52.0 Å². The normalized spacial score (nSPS) is 28.3. The fraction of sp³-hybridized carbons (Fsp3) is 0.667. The summed E-state index contributed by atoms with van der Waals surface area (Å²) < 4.78 is 2.18. The van der Waals surface area contributed by atoms with Gasteiger partial charge in [0.25, 0.3) is 0 Å². The third kappa shape index (κ3) is 2.24. The zero-order valence-corrected chi connectivity index (χ0v) is 11.6. The van der Waals surface area contributed by atoms with Gasteiger partial charge in [0, 0.05) is 23.5 Å². The monoisotopic (exact) mass is 249 g/mol. The number of aromatic nitrogens is 1. The van der Waals surface area contributed by atoms with Crippen molar-refractivity contribution in [3.63, 3.8) is 0 Å². The molecule has 1 aliphatic carbocycles. The van der Waals surface area contributed by atoms with Gasteiger partial charge in [0.05, 0.1) is 12.1 Å². The van der Waals surface area contributed by atoms with Crippen molar-refractivity contribution in [3.8, 4) is 0 Å². The third-order valence-electron chi connectivity index (χ3n) is 4.38. The Kier molecular flexibility index (Phi) is 3.62. The van der Waals surface area contributed by atoms with Gasteiger partial charge in [-0.1, -0.05) is 6.92 Å². The van der Waals surface area contributed by atoms with E-state index in [2.05, 4.69) is 11.5 Å². The van der Waals surface area contributed by atoms with Gasteiger partial charge in [-0.05, 0) is 45.4 Å². The molecule has 0 bridgehead atoms. The summed E-state index contributed by atoms with van der Waals surface area (Å²) in [7, 11) is 0. The van der Waals surface area contributed by atoms with Crippen LogP contribution in [0, 0.1) is 19.8 Å². The zero-order valence-electron chi connectivity index (χ0n) is 11.6. The van der Waals surface area contributed by atoms with E-state index in [1.807, 2.05) is 13.8 Å². The maximum atomic E-state index is 11.5. The van der Waals surface area contributed by atoms with Gasteiger partial charge in [-0.2, -0.15) is 0 Å². The van der Waals surface area contributed by atoms with E-state index < -0.39 is 0 Å². The van der Waals surface area contributed by atoms with Crippen LogP contribution in [0.1, 0.15) is 44.0 Å². The summed E-state index contributed by atoms with van der Waals surface area (Å²) in [6.45, 7) is 6.35. The zero-order chi connectivity index (χ0) is 13.3. The molecule has 18 heavy (non-hydrogen) atoms. The van der Waals surface area contributed by atoms with Gasteiger partial charge in [0.1, 0.15) is 0 Å². The van der Waals surface area contributed by atoms with Crippen LogP contribution in [0.15, 0.2) is 16.9 Å². The van der Waals surface area contributed by atoms with Crippen molar-refractivity contribution in [2.24, 2.45) is 5.92 Å². The minimum atomic E-state index is -0.200. The fourth-order valence-corrected chi connectivity index (χ4v) is 3.36. The van der Waals surface area contributed by atoms with Gasteiger partial charge >= 0.3 is 0 Å². The van der Waals surface area contributed by atoms with Crippen molar-refractivity contribution in [2.75, 3.05) is 6.61 Å². The molecule has 0 aliphatic heterocycles. The molecule has 0 spiro atoms. The van der Waals surface area contributed by atoms with Gasteiger partial charge < -0.3 is 9.67 Å². The number of hydrogen-bond acceptors (Lipinski definition) is 2. The topological polar surface area (TPSA) is 42.2 Å². The lowest BCUT2D eigenvalue weighted by atomic mass is 9.77. The standard InChI is InChI=1S/C15H23NO2/c1-11-4-6-15(10-17,7-5-11)16-12(2)8-14(18)9-13(16)3/h8-9,11,17H,4-7,10H2,1-3H3. The Morgan fingerprint density at radius 2 is 1.78 bits per heavy atom. The lowest BCUT2D eigenvalue weighted by molar-refractivity contribution is 0.0719. The molecule has 0 radical (unpaired) electrons. The first kappa shape index (κ1) is 13.3. The van der Waals surface area contributed by atoms with Crippen molar-refractivity contribution >= 4 is 0 Å². The predicted octanol–water partition coefficient (Wildman–Crippen LogP) is 2.36. The van der Waals surface area contributed by atoms with Crippen LogP contribution in [0.2, 0.25) is 0 Å². The molecular formula is C15H23NO2. The molecule has 0 atom stereocenters. The Bertz CT molecular complexity index is 456. The smallest absolute Gasteiger partial charge is 0.182 e. The van der Waals surface area contributed by atoms with Crippen LogP contribution in [-0.2, 0) is 5.54 Å². The van der Waals surface area contributed by atoms with Crippen LogP contribution in [-0.4, -0.2) is 16.3 Å². The van der Waals surface area contributed by atoms with E-state index in [1.165, 1.54) is 0 Å². The van der Waals surface area contributed by atoms with Crippen molar-refractivity contribution < 1.29 is 5.11 Å². The second-order valence-corrected chi connectivity index (χ2v) is 5.87. The van der Waals surface area contributed by atoms with Crippen LogP contribution in [0.25, 0.3) is 0 Å². The van der Waals surface area contributed by atoms with Crippen molar-refractivity contribution in [3.05, 3.63) is 33.7 Å². The van der Waals surface area contributed by atoms with Crippen LogP contribution >= 0.6 is 0 Å². The molecule has 100 valence electrons. The first-order chi connectivity index (χ1) is 8.48.